The number of hydrogen-bond acceptors (Lipinski definition) is 7. The van der Waals surface area contributed by atoms with E-state index in [9.17, 15) is 23.6 Å². The maximum Gasteiger partial charge on any atom is 0.272 e. The van der Waals surface area contributed by atoms with Crippen molar-refractivity contribution in [2.45, 2.75) is 19.8 Å². The number of halogens is 1. The van der Waals surface area contributed by atoms with Crippen molar-refractivity contribution in [1.29, 1.82) is 0 Å². The molecule has 2 aromatic heterocycles. The lowest BCUT2D eigenvalue weighted by Gasteiger charge is -2.31. The van der Waals surface area contributed by atoms with Crippen molar-refractivity contribution in [2.75, 3.05) is 18.4 Å². The van der Waals surface area contributed by atoms with E-state index in [1.54, 1.807) is 41.3 Å². The first kappa shape index (κ1) is 28.3. The summed E-state index contributed by atoms with van der Waals surface area (Å²) in [5.41, 5.74) is 2.02. The predicted octanol–water partition coefficient (Wildman–Crippen LogP) is 5.60. The Hall–Kier alpha value is -5.25. The molecule has 3 heterocycles. The summed E-state index contributed by atoms with van der Waals surface area (Å²) in [4.78, 5) is 60.1. The van der Waals surface area contributed by atoms with Crippen LogP contribution in [0.25, 0.3) is 0 Å². The number of anilines is 1. The highest BCUT2D eigenvalue weighted by atomic mass is 19.1. The summed E-state index contributed by atoms with van der Waals surface area (Å²) in [6.07, 6.45) is 3.82. The molecule has 0 atom stereocenters. The van der Waals surface area contributed by atoms with E-state index in [1.165, 1.54) is 55.7 Å². The molecule has 212 valence electrons. The van der Waals surface area contributed by atoms with Gasteiger partial charge in [-0.3, -0.25) is 24.2 Å². The van der Waals surface area contributed by atoms with Crippen LogP contribution in [-0.2, 0) is 0 Å². The fraction of sp³-hybridized carbons (Fsp3) is 0.188. The monoisotopic (exact) mass is 566 g/mol. The number of amides is 2. The maximum absolute atomic E-state index is 13.0. The van der Waals surface area contributed by atoms with Crippen molar-refractivity contribution in [3.05, 3.63) is 113 Å². The molecule has 1 fully saturated rings. The van der Waals surface area contributed by atoms with E-state index in [-0.39, 0.29) is 46.3 Å². The third-order valence-electron chi connectivity index (χ3n) is 7.00. The third-order valence-corrected chi connectivity index (χ3v) is 7.00. The van der Waals surface area contributed by atoms with E-state index >= 15 is 0 Å². The summed E-state index contributed by atoms with van der Waals surface area (Å²) in [6.45, 7) is 2.31. The molecule has 0 spiro atoms. The zero-order valence-electron chi connectivity index (χ0n) is 22.7. The lowest BCUT2D eigenvalue weighted by molar-refractivity contribution is 0.0645. The van der Waals surface area contributed by atoms with Crippen LogP contribution in [0, 0.1) is 11.7 Å². The molecule has 4 aromatic rings. The molecular weight excluding hydrogens is 539 g/mol. The summed E-state index contributed by atoms with van der Waals surface area (Å²) >= 11 is 0. The van der Waals surface area contributed by atoms with Gasteiger partial charge in [0.25, 0.3) is 11.8 Å². The smallest absolute Gasteiger partial charge is 0.272 e. The van der Waals surface area contributed by atoms with Crippen LogP contribution in [0.1, 0.15) is 61.3 Å². The summed E-state index contributed by atoms with van der Waals surface area (Å²) in [5, 5.41) is 2.72. The van der Waals surface area contributed by atoms with Gasteiger partial charge in [-0.05, 0) is 62.2 Å². The number of benzene rings is 2. The van der Waals surface area contributed by atoms with Gasteiger partial charge in [-0.1, -0.05) is 24.3 Å². The van der Waals surface area contributed by atoms with Crippen molar-refractivity contribution in [2.24, 2.45) is 5.92 Å². The molecule has 1 N–H and O–H groups in total. The largest absolute Gasteiger partial charge is 0.439 e. The van der Waals surface area contributed by atoms with E-state index in [4.69, 9.17) is 4.74 Å². The topological polar surface area (TPSA) is 119 Å². The molecule has 5 rings (SSSR count). The number of carbonyl (C=O) groups is 4. The van der Waals surface area contributed by atoms with Crippen LogP contribution in [0.3, 0.4) is 0 Å². The minimum atomic E-state index is -0.425. The number of Topliss-reactive ketones (excluding diaryl/α,β-unsaturated/α-hetero) is 2. The predicted molar refractivity (Wildman–Crippen MR) is 152 cm³/mol. The number of likely N-dealkylation sites (tertiary alicyclic amines) is 1. The van der Waals surface area contributed by atoms with Crippen LogP contribution in [0.2, 0.25) is 0 Å². The van der Waals surface area contributed by atoms with Crippen LogP contribution in [-0.4, -0.2) is 51.3 Å². The molecule has 9 nitrogen and oxygen atoms in total. The number of carbonyl (C=O) groups excluding carboxylic acids is 4. The Kier molecular flexibility index (Phi) is 8.42. The number of piperidine rings is 1. The standard InChI is InChI=1S/C32H27FN4O5/c1-20(38)21-2-4-22(5-3-21)30(39)23-14-16-37(17-15-23)32(41)28-12-6-24(18-34-28)31(40)36-26-9-13-29(35-19-26)42-27-10-7-25(33)8-11-27/h2-13,18-19,23H,14-17H2,1H3,(H,36,40). The minimum absolute atomic E-state index is 0.0101. The van der Waals surface area contributed by atoms with E-state index in [0.29, 0.717) is 48.5 Å². The number of hydrogen-bond donors (Lipinski definition) is 1. The van der Waals surface area contributed by atoms with Gasteiger partial charge >= 0.3 is 0 Å². The molecule has 1 aliphatic heterocycles. The number of nitrogens with one attached hydrogen (secondary N) is 1. The number of pyridine rings is 2. The average Bonchev–Trinajstić information content (AvgIpc) is 3.02. The second kappa shape index (κ2) is 12.5. The first-order valence-corrected chi connectivity index (χ1v) is 13.4. The highest BCUT2D eigenvalue weighted by molar-refractivity contribution is 6.04. The first-order valence-electron chi connectivity index (χ1n) is 13.4. The molecule has 0 unspecified atom stereocenters. The van der Waals surface area contributed by atoms with Gasteiger partial charge in [0.1, 0.15) is 17.3 Å². The third kappa shape index (κ3) is 6.72. The zero-order valence-corrected chi connectivity index (χ0v) is 22.7. The number of ether oxygens (including phenoxy) is 1. The minimum Gasteiger partial charge on any atom is -0.439 e. The molecule has 0 saturated carbocycles. The van der Waals surface area contributed by atoms with E-state index < -0.39 is 5.91 Å². The number of aromatic nitrogens is 2. The van der Waals surface area contributed by atoms with Crippen molar-refractivity contribution in [3.8, 4) is 11.6 Å². The fourth-order valence-corrected chi connectivity index (χ4v) is 4.61. The average molecular weight is 567 g/mol. The molecular formula is C32H27FN4O5. The van der Waals surface area contributed by atoms with Gasteiger partial charge in [0.15, 0.2) is 11.6 Å². The van der Waals surface area contributed by atoms with Gasteiger partial charge in [0.05, 0.1) is 17.4 Å². The van der Waals surface area contributed by atoms with Crippen LogP contribution in [0.5, 0.6) is 11.6 Å². The normalized spacial score (nSPS) is 13.3. The summed E-state index contributed by atoms with van der Waals surface area (Å²) in [7, 11) is 0. The molecule has 10 heteroatoms. The van der Waals surface area contributed by atoms with Gasteiger partial charge in [0.2, 0.25) is 5.88 Å². The van der Waals surface area contributed by atoms with Crippen LogP contribution < -0.4 is 10.1 Å². The lowest BCUT2D eigenvalue weighted by Crippen LogP contribution is -2.40. The van der Waals surface area contributed by atoms with E-state index in [1.807, 2.05) is 0 Å². The second-order valence-electron chi connectivity index (χ2n) is 9.89. The van der Waals surface area contributed by atoms with Crippen molar-refractivity contribution in [3.63, 3.8) is 0 Å². The molecule has 2 amide bonds. The Bertz CT molecular complexity index is 1600. The molecule has 1 aliphatic rings. The molecule has 0 bridgehead atoms. The summed E-state index contributed by atoms with van der Waals surface area (Å²) in [6, 6.07) is 18.4. The Morgan fingerprint density at radius 1 is 0.810 bits per heavy atom. The Labute approximate surface area is 241 Å². The molecule has 42 heavy (non-hydrogen) atoms. The van der Waals surface area contributed by atoms with Gasteiger partial charge in [-0.15, -0.1) is 0 Å². The number of rotatable bonds is 8. The molecule has 0 radical (unpaired) electrons. The van der Waals surface area contributed by atoms with Crippen LogP contribution >= 0.6 is 0 Å². The maximum atomic E-state index is 13.0. The van der Waals surface area contributed by atoms with Gasteiger partial charge in [-0.2, -0.15) is 0 Å². The SMILES string of the molecule is CC(=O)c1ccc(C(=O)C2CCN(C(=O)c3ccc(C(=O)Nc4ccc(Oc5ccc(F)cc5)nc4)cn3)CC2)cc1. The highest BCUT2D eigenvalue weighted by Crippen LogP contribution is 2.24. The van der Waals surface area contributed by atoms with E-state index in [0.717, 1.165) is 0 Å². The van der Waals surface area contributed by atoms with Crippen LogP contribution in [0.4, 0.5) is 10.1 Å². The second-order valence-corrected chi connectivity index (χ2v) is 9.89. The molecule has 1 saturated heterocycles. The number of ketones is 2. The zero-order chi connectivity index (χ0) is 29.6. The van der Waals surface area contributed by atoms with Crippen molar-refractivity contribution >= 4 is 29.1 Å². The van der Waals surface area contributed by atoms with Crippen molar-refractivity contribution < 1.29 is 28.3 Å². The first-order chi connectivity index (χ1) is 20.3. The van der Waals surface area contributed by atoms with Gasteiger partial charge in [0, 0.05) is 42.4 Å². The van der Waals surface area contributed by atoms with E-state index in [2.05, 4.69) is 15.3 Å². The lowest BCUT2D eigenvalue weighted by atomic mass is 9.88. The Balaban J connectivity index is 1.12. The van der Waals surface area contributed by atoms with Crippen LogP contribution in [0.15, 0.2) is 85.2 Å². The van der Waals surface area contributed by atoms with Gasteiger partial charge in [-0.25, -0.2) is 9.37 Å². The highest BCUT2D eigenvalue weighted by Gasteiger charge is 2.29. The van der Waals surface area contributed by atoms with Gasteiger partial charge < -0.3 is 15.0 Å². The Morgan fingerprint density at radius 2 is 1.48 bits per heavy atom. The number of nitrogens with zero attached hydrogens (tertiary/aromatic N) is 3. The molecule has 2 aromatic carbocycles. The van der Waals surface area contributed by atoms with Crippen molar-refractivity contribution in [1.82, 2.24) is 14.9 Å². The fourth-order valence-electron chi connectivity index (χ4n) is 4.61. The quantitative estimate of drug-likeness (QED) is 0.276. The summed E-state index contributed by atoms with van der Waals surface area (Å²) in [5.74, 6) is -0.598. The summed E-state index contributed by atoms with van der Waals surface area (Å²) < 4.78 is 18.6. The molecule has 0 aliphatic carbocycles. The Morgan fingerprint density at radius 3 is 2.07 bits per heavy atom.